The average Bonchev–Trinajstić information content (AvgIpc) is 2.96. The van der Waals surface area contributed by atoms with Gasteiger partial charge in [-0.05, 0) is 25.3 Å². The molecule has 2 saturated heterocycles. The van der Waals surface area contributed by atoms with Crippen LogP contribution in [0.25, 0.3) is 0 Å². The standard InChI is InChI=1S/C13H13NO5/c15-11-4-1-7(6-19-11)12(16)14-8-2-3-10(14)9(5-8)13(17)18/h1,4,6,8-10H,2-3,5H2,(H,17,18). The van der Waals surface area contributed by atoms with Crippen molar-refractivity contribution in [3.8, 4) is 0 Å². The lowest BCUT2D eigenvalue weighted by Gasteiger charge is -2.22. The van der Waals surface area contributed by atoms with Crippen LogP contribution in [0.3, 0.4) is 0 Å². The number of carbonyl (C=O) groups excluding carboxylic acids is 1. The van der Waals surface area contributed by atoms with Crippen molar-refractivity contribution in [1.82, 2.24) is 4.90 Å². The van der Waals surface area contributed by atoms with Crippen molar-refractivity contribution in [2.75, 3.05) is 0 Å². The maximum absolute atomic E-state index is 12.4. The van der Waals surface area contributed by atoms with E-state index in [2.05, 4.69) is 4.42 Å². The second kappa shape index (κ2) is 4.22. The number of fused-ring (bicyclic) bond motifs is 2. The van der Waals surface area contributed by atoms with Gasteiger partial charge in [0, 0.05) is 18.2 Å². The summed E-state index contributed by atoms with van der Waals surface area (Å²) in [6.45, 7) is 0. The Morgan fingerprint density at radius 2 is 2.11 bits per heavy atom. The molecule has 3 rings (SSSR count). The molecule has 1 aromatic heterocycles. The molecule has 1 aromatic rings. The van der Waals surface area contributed by atoms with Crippen LogP contribution in [-0.4, -0.2) is 34.0 Å². The number of rotatable bonds is 2. The largest absolute Gasteiger partial charge is 0.481 e. The first-order valence-corrected chi connectivity index (χ1v) is 6.22. The molecule has 2 aliphatic rings. The van der Waals surface area contributed by atoms with Crippen molar-refractivity contribution >= 4 is 11.9 Å². The molecule has 3 heterocycles. The van der Waals surface area contributed by atoms with Gasteiger partial charge in [-0.25, -0.2) is 4.79 Å². The normalized spacial score (nSPS) is 28.6. The monoisotopic (exact) mass is 263 g/mol. The SMILES string of the molecule is O=C(O)C1CC2CCC1N2C(=O)c1ccc(=O)oc1. The first-order chi connectivity index (χ1) is 9.08. The number of amides is 1. The second-order valence-electron chi connectivity index (χ2n) is 5.03. The highest BCUT2D eigenvalue weighted by Crippen LogP contribution is 2.42. The Hall–Kier alpha value is -2.11. The van der Waals surface area contributed by atoms with E-state index >= 15 is 0 Å². The average molecular weight is 263 g/mol. The zero-order valence-electron chi connectivity index (χ0n) is 10.1. The smallest absolute Gasteiger partial charge is 0.335 e. The molecule has 100 valence electrons. The van der Waals surface area contributed by atoms with E-state index in [9.17, 15) is 14.4 Å². The fourth-order valence-corrected chi connectivity index (χ4v) is 3.20. The van der Waals surface area contributed by atoms with E-state index in [0.29, 0.717) is 12.0 Å². The van der Waals surface area contributed by atoms with Crippen LogP contribution in [0.5, 0.6) is 0 Å². The molecule has 3 atom stereocenters. The van der Waals surface area contributed by atoms with Crippen LogP contribution in [0.1, 0.15) is 29.6 Å². The lowest BCUT2D eigenvalue weighted by molar-refractivity contribution is -0.142. The first kappa shape index (κ1) is 12.0. The van der Waals surface area contributed by atoms with Crippen LogP contribution in [0, 0.1) is 5.92 Å². The summed E-state index contributed by atoms with van der Waals surface area (Å²) in [5, 5.41) is 9.14. The number of carboxylic acids is 1. The zero-order valence-corrected chi connectivity index (χ0v) is 10.1. The third kappa shape index (κ3) is 1.83. The molecule has 2 aliphatic heterocycles. The maximum atomic E-state index is 12.4. The van der Waals surface area contributed by atoms with Crippen LogP contribution in [-0.2, 0) is 4.79 Å². The summed E-state index contributed by atoms with van der Waals surface area (Å²) in [6, 6.07) is 2.37. The fraction of sp³-hybridized carbons (Fsp3) is 0.462. The highest BCUT2D eigenvalue weighted by atomic mass is 16.4. The van der Waals surface area contributed by atoms with E-state index in [1.54, 1.807) is 4.90 Å². The van der Waals surface area contributed by atoms with Crippen LogP contribution in [0.4, 0.5) is 0 Å². The Bertz CT molecular complexity index is 572. The third-order valence-electron chi connectivity index (χ3n) is 4.04. The van der Waals surface area contributed by atoms with Gasteiger partial charge in [0.2, 0.25) is 0 Å². The highest BCUT2D eigenvalue weighted by Gasteiger charge is 2.51. The van der Waals surface area contributed by atoms with Gasteiger partial charge < -0.3 is 14.4 Å². The summed E-state index contributed by atoms with van der Waals surface area (Å²) in [5.74, 6) is -1.57. The number of carbonyl (C=O) groups is 2. The number of hydrogen-bond acceptors (Lipinski definition) is 4. The Labute approximate surface area is 108 Å². The number of aliphatic carboxylic acids is 1. The number of hydrogen-bond donors (Lipinski definition) is 1. The molecule has 2 fully saturated rings. The van der Waals surface area contributed by atoms with Crippen LogP contribution >= 0.6 is 0 Å². The molecular weight excluding hydrogens is 250 g/mol. The zero-order chi connectivity index (χ0) is 13.6. The molecule has 0 spiro atoms. The van der Waals surface area contributed by atoms with Crippen molar-refractivity contribution in [2.24, 2.45) is 5.92 Å². The van der Waals surface area contributed by atoms with Gasteiger partial charge in [0.15, 0.2) is 0 Å². The van der Waals surface area contributed by atoms with Crippen LogP contribution < -0.4 is 5.63 Å². The topological polar surface area (TPSA) is 87.8 Å². The molecule has 1 amide bonds. The molecule has 0 aliphatic carbocycles. The van der Waals surface area contributed by atoms with Gasteiger partial charge in [0.05, 0.1) is 11.5 Å². The molecule has 3 unspecified atom stereocenters. The second-order valence-corrected chi connectivity index (χ2v) is 5.03. The van der Waals surface area contributed by atoms with E-state index in [1.807, 2.05) is 0 Å². The molecular formula is C13H13NO5. The third-order valence-corrected chi connectivity index (χ3v) is 4.04. The van der Waals surface area contributed by atoms with E-state index in [-0.39, 0.29) is 18.0 Å². The van der Waals surface area contributed by atoms with Gasteiger partial charge in [-0.3, -0.25) is 9.59 Å². The Morgan fingerprint density at radius 3 is 2.68 bits per heavy atom. The van der Waals surface area contributed by atoms with Gasteiger partial charge in [-0.1, -0.05) is 0 Å². The van der Waals surface area contributed by atoms with Crippen molar-refractivity contribution in [1.29, 1.82) is 0 Å². The lowest BCUT2D eigenvalue weighted by Crippen LogP contribution is -2.37. The quantitative estimate of drug-likeness (QED) is 0.849. The lowest BCUT2D eigenvalue weighted by atomic mass is 9.89. The molecule has 6 nitrogen and oxygen atoms in total. The summed E-state index contributed by atoms with van der Waals surface area (Å²) in [6.07, 6.45) is 3.22. The van der Waals surface area contributed by atoms with E-state index in [4.69, 9.17) is 5.11 Å². The van der Waals surface area contributed by atoms with Crippen molar-refractivity contribution < 1.29 is 19.1 Å². The molecule has 2 bridgehead atoms. The summed E-state index contributed by atoms with van der Waals surface area (Å²) >= 11 is 0. The minimum absolute atomic E-state index is 0.00877. The van der Waals surface area contributed by atoms with Gasteiger partial charge in [-0.15, -0.1) is 0 Å². The summed E-state index contributed by atoms with van der Waals surface area (Å²) in [7, 11) is 0. The molecule has 0 radical (unpaired) electrons. The van der Waals surface area contributed by atoms with E-state index < -0.39 is 17.5 Å². The first-order valence-electron chi connectivity index (χ1n) is 6.22. The van der Waals surface area contributed by atoms with E-state index in [1.165, 1.54) is 12.1 Å². The molecule has 19 heavy (non-hydrogen) atoms. The van der Waals surface area contributed by atoms with Gasteiger partial charge >= 0.3 is 11.6 Å². The molecule has 0 aromatic carbocycles. The van der Waals surface area contributed by atoms with Crippen molar-refractivity contribution in [2.45, 2.75) is 31.3 Å². The summed E-state index contributed by atoms with van der Waals surface area (Å²) < 4.78 is 4.68. The van der Waals surface area contributed by atoms with Crippen LogP contribution in [0.15, 0.2) is 27.6 Å². The predicted octanol–water partition coefficient (Wildman–Crippen LogP) is 0.718. The number of nitrogens with zero attached hydrogens (tertiary/aromatic N) is 1. The van der Waals surface area contributed by atoms with E-state index in [0.717, 1.165) is 19.1 Å². The van der Waals surface area contributed by atoms with Crippen molar-refractivity contribution in [3.63, 3.8) is 0 Å². The Balaban J connectivity index is 1.87. The summed E-state index contributed by atoms with van der Waals surface area (Å²) in [4.78, 5) is 36.0. The molecule has 1 N–H and O–H groups in total. The molecule has 0 saturated carbocycles. The minimum atomic E-state index is -0.843. The molecule has 6 heteroatoms. The fourth-order valence-electron chi connectivity index (χ4n) is 3.20. The van der Waals surface area contributed by atoms with Gasteiger partial charge in [0.25, 0.3) is 5.91 Å². The predicted molar refractivity (Wildman–Crippen MR) is 63.7 cm³/mol. The van der Waals surface area contributed by atoms with Gasteiger partial charge in [0.1, 0.15) is 6.26 Å². The maximum Gasteiger partial charge on any atom is 0.335 e. The Morgan fingerprint density at radius 1 is 1.32 bits per heavy atom. The highest BCUT2D eigenvalue weighted by molar-refractivity contribution is 5.95. The Kier molecular flexibility index (Phi) is 2.66. The van der Waals surface area contributed by atoms with Crippen LogP contribution in [0.2, 0.25) is 0 Å². The van der Waals surface area contributed by atoms with Crippen molar-refractivity contribution in [3.05, 3.63) is 34.4 Å². The minimum Gasteiger partial charge on any atom is -0.481 e. The summed E-state index contributed by atoms with van der Waals surface area (Å²) in [5.41, 5.74) is -0.216. The van der Waals surface area contributed by atoms with Gasteiger partial charge in [-0.2, -0.15) is 0 Å². The number of carboxylic acid groups (broad SMARTS) is 1.